The van der Waals surface area contributed by atoms with Gasteiger partial charge in [-0.15, -0.1) is 11.3 Å². The molecule has 1 aromatic heterocycles. The van der Waals surface area contributed by atoms with Crippen molar-refractivity contribution in [1.29, 1.82) is 0 Å². The van der Waals surface area contributed by atoms with Crippen LogP contribution in [-0.4, -0.2) is 11.0 Å². The number of hydrogen-bond donors (Lipinski definition) is 2. The van der Waals surface area contributed by atoms with Gasteiger partial charge in [0.25, 0.3) is 0 Å². The molecular weight excluding hydrogens is 278 g/mol. The second kappa shape index (κ2) is 7.16. The molecule has 0 aliphatic carbocycles. The monoisotopic (exact) mass is 303 g/mol. The summed E-state index contributed by atoms with van der Waals surface area (Å²) in [5.74, 6) is 5.93. The van der Waals surface area contributed by atoms with Crippen molar-refractivity contribution >= 4 is 11.3 Å². The van der Waals surface area contributed by atoms with Gasteiger partial charge < -0.3 is 0 Å². The van der Waals surface area contributed by atoms with E-state index in [-0.39, 0.29) is 11.5 Å². The summed E-state index contributed by atoms with van der Waals surface area (Å²) in [5.41, 5.74) is 5.55. The minimum Gasteiger partial charge on any atom is -0.271 e. The smallest absolute Gasteiger partial charge is 0.0944 e. The standard InChI is InChI=1S/C17H25N3S/c1-4-17(5-2,14-9-7-6-8-10-14)15(20-18)11-16-19-13(3)12-21-16/h6-10,12,15,20H,4-5,11,18H2,1-3H3. The molecule has 114 valence electrons. The SMILES string of the molecule is CCC(CC)(c1ccccc1)C(Cc1nc(C)cs1)NN. The van der Waals surface area contributed by atoms with Crippen LogP contribution < -0.4 is 11.3 Å². The first-order valence-corrected chi connectivity index (χ1v) is 8.47. The van der Waals surface area contributed by atoms with Crippen molar-refractivity contribution in [2.75, 3.05) is 0 Å². The Kier molecular flexibility index (Phi) is 5.51. The molecule has 4 heteroatoms. The molecule has 0 bridgehead atoms. The van der Waals surface area contributed by atoms with Crippen molar-refractivity contribution in [3.8, 4) is 0 Å². The number of aromatic nitrogens is 1. The number of nitrogens with one attached hydrogen (secondary N) is 1. The summed E-state index contributed by atoms with van der Waals surface area (Å²) in [7, 11) is 0. The van der Waals surface area contributed by atoms with Crippen molar-refractivity contribution in [2.24, 2.45) is 5.84 Å². The van der Waals surface area contributed by atoms with Crippen LogP contribution in [0.4, 0.5) is 0 Å². The van der Waals surface area contributed by atoms with E-state index in [4.69, 9.17) is 5.84 Å². The molecule has 0 saturated carbocycles. The van der Waals surface area contributed by atoms with Gasteiger partial charge >= 0.3 is 0 Å². The van der Waals surface area contributed by atoms with Crippen LogP contribution in [0.15, 0.2) is 35.7 Å². The quantitative estimate of drug-likeness (QED) is 0.607. The van der Waals surface area contributed by atoms with Crippen molar-refractivity contribution in [3.05, 3.63) is 52.0 Å². The Hall–Kier alpha value is -1.23. The van der Waals surface area contributed by atoms with Crippen LogP contribution in [0.25, 0.3) is 0 Å². The van der Waals surface area contributed by atoms with Gasteiger partial charge in [0.05, 0.1) is 5.01 Å². The van der Waals surface area contributed by atoms with Gasteiger partial charge in [-0.3, -0.25) is 11.3 Å². The summed E-state index contributed by atoms with van der Waals surface area (Å²) < 4.78 is 0. The van der Waals surface area contributed by atoms with Crippen molar-refractivity contribution in [1.82, 2.24) is 10.4 Å². The van der Waals surface area contributed by atoms with Crippen LogP contribution in [0.2, 0.25) is 0 Å². The van der Waals surface area contributed by atoms with E-state index in [1.165, 1.54) is 5.56 Å². The van der Waals surface area contributed by atoms with Gasteiger partial charge in [-0.2, -0.15) is 0 Å². The first kappa shape index (κ1) is 16.1. The van der Waals surface area contributed by atoms with E-state index in [1.807, 2.05) is 6.92 Å². The van der Waals surface area contributed by atoms with Crippen LogP contribution in [-0.2, 0) is 11.8 Å². The lowest BCUT2D eigenvalue weighted by Crippen LogP contribution is -2.52. The van der Waals surface area contributed by atoms with Gasteiger partial charge in [-0.25, -0.2) is 4.98 Å². The maximum absolute atomic E-state index is 5.93. The van der Waals surface area contributed by atoms with E-state index in [1.54, 1.807) is 11.3 Å². The fourth-order valence-electron chi connectivity index (χ4n) is 3.21. The van der Waals surface area contributed by atoms with Gasteiger partial charge in [0, 0.05) is 29.0 Å². The summed E-state index contributed by atoms with van der Waals surface area (Å²) >= 11 is 1.72. The number of aryl methyl sites for hydroxylation is 1. The minimum absolute atomic E-state index is 0.0373. The molecule has 21 heavy (non-hydrogen) atoms. The summed E-state index contributed by atoms with van der Waals surface area (Å²) in [4.78, 5) is 4.60. The maximum Gasteiger partial charge on any atom is 0.0944 e. The number of hydrogen-bond acceptors (Lipinski definition) is 4. The number of thiazole rings is 1. The first-order valence-electron chi connectivity index (χ1n) is 7.59. The predicted molar refractivity (Wildman–Crippen MR) is 90.4 cm³/mol. The van der Waals surface area contributed by atoms with E-state index in [0.717, 1.165) is 30.0 Å². The number of hydrazine groups is 1. The number of rotatable bonds is 7. The molecule has 0 aliphatic heterocycles. The third-order valence-corrected chi connectivity index (χ3v) is 5.51. The molecule has 2 aromatic rings. The van der Waals surface area contributed by atoms with Crippen LogP contribution >= 0.6 is 11.3 Å². The van der Waals surface area contributed by atoms with E-state index in [0.29, 0.717) is 0 Å². The molecule has 3 N–H and O–H groups in total. The van der Waals surface area contributed by atoms with Crippen molar-refractivity contribution < 1.29 is 0 Å². The van der Waals surface area contributed by atoms with Gasteiger partial charge in [0.2, 0.25) is 0 Å². The fraction of sp³-hybridized carbons (Fsp3) is 0.471. The molecule has 0 amide bonds. The lowest BCUT2D eigenvalue weighted by molar-refractivity contribution is 0.270. The van der Waals surface area contributed by atoms with Gasteiger partial charge in [-0.1, -0.05) is 44.2 Å². The summed E-state index contributed by atoms with van der Waals surface area (Å²) in [6, 6.07) is 10.9. The maximum atomic E-state index is 5.93. The van der Waals surface area contributed by atoms with Gasteiger partial charge in [0.1, 0.15) is 0 Å². The number of nitrogens with two attached hydrogens (primary N) is 1. The Bertz CT molecular complexity index is 546. The highest BCUT2D eigenvalue weighted by atomic mass is 32.1. The van der Waals surface area contributed by atoms with Crippen LogP contribution in [0.5, 0.6) is 0 Å². The summed E-state index contributed by atoms with van der Waals surface area (Å²) in [6.07, 6.45) is 2.96. The molecule has 0 radical (unpaired) electrons. The molecule has 2 rings (SSSR count). The Morgan fingerprint density at radius 3 is 2.38 bits per heavy atom. The average molecular weight is 303 g/mol. The second-order valence-corrected chi connectivity index (χ2v) is 6.48. The van der Waals surface area contributed by atoms with E-state index in [9.17, 15) is 0 Å². The zero-order chi connectivity index (χ0) is 15.3. The van der Waals surface area contributed by atoms with Crippen LogP contribution in [0.3, 0.4) is 0 Å². The van der Waals surface area contributed by atoms with E-state index < -0.39 is 0 Å². The average Bonchev–Trinajstić information content (AvgIpc) is 2.94. The van der Waals surface area contributed by atoms with E-state index >= 15 is 0 Å². The molecule has 0 aliphatic rings. The molecule has 1 atom stereocenters. The lowest BCUT2D eigenvalue weighted by Gasteiger charge is -2.39. The Labute approximate surface area is 131 Å². The predicted octanol–water partition coefficient (Wildman–Crippen LogP) is 3.58. The highest BCUT2D eigenvalue weighted by Gasteiger charge is 2.37. The lowest BCUT2D eigenvalue weighted by atomic mass is 9.69. The Balaban J connectivity index is 2.34. The molecule has 0 spiro atoms. The summed E-state index contributed by atoms with van der Waals surface area (Å²) in [6.45, 7) is 6.52. The molecule has 3 nitrogen and oxygen atoms in total. The Morgan fingerprint density at radius 1 is 1.24 bits per heavy atom. The highest BCUT2D eigenvalue weighted by molar-refractivity contribution is 7.09. The van der Waals surface area contributed by atoms with Gasteiger partial charge in [0.15, 0.2) is 0 Å². The number of nitrogens with zero attached hydrogens (tertiary/aromatic N) is 1. The third-order valence-electron chi connectivity index (χ3n) is 4.52. The zero-order valence-corrected chi connectivity index (χ0v) is 13.9. The molecule has 1 aromatic carbocycles. The molecular formula is C17H25N3S. The molecule has 0 fully saturated rings. The van der Waals surface area contributed by atoms with Crippen LogP contribution in [0.1, 0.15) is 43.0 Å². The first-order chi connectivity index (χ1) is 10.2. The van der Waals surface area contributed by atoms with Crippen molar-refractivity contribution in [2.45, 2.75) is 51.5 Å². The van der Waals surface area contributed by atoms with Crippen molar-refractivity contribution in [3.63, 3.8) is 0 Å². The van der Waals surface area contributed by atoms with Gasteiger partial charge in [-0.05, 0) is 25.3 Å². The third kappa shape index (κ3) is 3.34. The fourth-order valence-corrected chi connectivity index (χ4v) is 4.03. The topological polar surface area (TPSA) is 50.9 Å². The van der Waals surface area contributed by atoms with Crippen LogP contribution in [0, 0.1) is 6.92 Å². The Morgan fingerprint density at radius 2 is 1.90 bits per heavy atom. The summed E-state index contributed by atoms with van der Waals surface area (Å²) in [5, 5.41) is 3.25. The number of benzene rings is 1. The minimum atomic E-state index is 0.0373. The highest BCUT2D eigenvalue weighted by Crippen LogP contribution is 2.36. The molecule has 1 heterocycles. The normalized spacial score (nSPS) is 13.3. The second-order valence-electron chi connectivity index (χ2n) is 5.54. The zero-order valence-electron chi connectivity index (χ0n) is 13.1. The largest absolute Gasteiger partial charge is 0.271 e. The van der Waals surface area contributed by atoms with E-state index in [2.05, 4.69) is 60.0 Å². The molecule has 0 saturated heterocycles. The molecule has 1 unspecified atom stereocenters.